The number of nitrogens with one attached hydrogen (secondary N) is 1. The van der Waals surface area contributed by atoms with Crippen molar-refractivity contribution >= 4 is 11.9 Å². The summed E-state index contributed by atoms with van der Waals surface area (Å²) in [5.41, 5.74) is -0.765. The predicted octanol–water partition coefficient (Wildman–Crippen LogP) is 2.42. The maximum absolute atomic E-state index is 12.1. The van der Waals surface area contributed by atoms with Gasteiger partial charge in [0.25, 0.3) is 0 Å². The molecular weight excluding hydrogens is 263 g/mol. The van der Waals surface area contributed by atoms with E-state index in [1.165, 1.54) is 0 Å². The second kappa shape index (κ2) is 6.25. The molecule has 0 fully saturated rings. The molecule has 0 aromatic heterocycles. The zero-order valence-electron chi connectivity index (χ0n) is 11.7. The fourth-order valence-corrected chi connectivity index (χ4v) is 1.27. The SMILES string of the molecule is CC(C)[C@@H](NC(=O)CC(F)(F)F)C(=O)OC(C)(C)C. The third-order valence-electron chi connectivity index (χ3n) is 2.00. The molecule has 4 nitrogen and oxygen atoms in total. The molecule has 0 heterocycles. The van der Waals surface area contributed by atoms with Crippen LogP contribution in [0.2, 0.25) is 0 Å². The van der Waals surface area contributed by atoms with Crippen molar-refractivity contribution in [3.05, 3.63) is 0 Å². The van der Waals surface area contributed by atoms with Gasteiger partial charge in [0.2, 0.25) is 5.91 Å². The largest absolute Gasteiger partial charge is 0.458 e. The fourth-order valence-electron chi connectivity index (χ4n) is 1.27. The lowest BCUT2D eigenvalue weighted by atomic mass is 10.0. The molecule has 0 radical (unpaired) electrons. The molecule has 1 atom stereocenters. The fraction of sp³-hybridized carbons (Fsp3) is 0.833. The van der Waals surface area contributed by atoms with E-state index >= 15 is 0 Å². The highest BCUT2D eigenvalue weighted by atomic mass is 19.4. The molecule has 1 amide bonds. The molecule has 0 aromatic carbocycles. The van der Waals surface area contributed by atoms with E-state index in [1.54, 1.807) is 34.6 Å². The van der Waals surface area contributed by atoms with Crippen LogP contribution in [-0.2, 0) is 14.3 Å². The summed E-state index contributed by atoms with van der Waals surface area (Å²) in [6, 6.07) is -1.09. The number of carbonyl (C=O) groups is 2. The third kappa shape index (κ3) is 8.45. The Labute approximate surface area is 110 Å². The summed E-state index contributed by atoms with van der Waals surface area (Å²) >= 11 is 0. The number of rotatable bonds is 4. The smallest absolute Gasteiger partial charge is 0.397 e. The lowest BCUT2D eigenvalue weighted by Crippen LogP contribution is -2.48. The van der Waals surface area contributed by atoms with Crippen LogP contribution >= 0.6 is 0 Å². The van der Waals surface area contributed by atoms with Crippen LogP contribution in [0.3, 0.4) is 0 Å². The number of carbonyl (C=O) groups excluding carboxylic acids is 2. The molecule has 0 unspecified atom stereocenters. The van der Waals surface area contributed by atoms with Gasteiger partial charge >= 0.3 is 12.1 Å². The van der Waals surface area contributed by atoms with E-state index in [1.807, 2.05) is 0 Å². The van der Waals surface area contributed by atoms with Crippen molar-refractivity contribution in [1.29, 1.82) is 0 Å². The predicted molar refractivity (Wildman–Crippen MR) is 63.3 cm³/mol. The number of halogens is 3. The number of hydrogen-bond acceptors (Lipinski definition) is 3. The molecule has 0 aromatic rings. The zero-order valence-corrected chi connectivity index (χ0v) is 11.7. The Morgan fingerprint density at radius 3 is 1.95 bits per heavy atom. The van der Waals surface area contributed by atoms with E-state index in [-0.39, 0.29) is 5.92 Å². The van der Waals surface area contributed by atoms with Gasteiger partial charge in [-0.15, -0.1) is 0 Å². The van der Waals surface area contributed by atoms with Crippen molar-refractivity contribution < 1.29 is 27.5 Å². The van der Waals surface area contributed by atoms with Gasteiger partial charge in [-0.1, -0.05) is 13.8 Å². The van der Waals surface area contributed by atoms with Crippen LogP contribution in [0.5, 0.6) is 0 Å². The van der Waals surface area contributed by atoms with Crippen LogP contribution in [-0.4, -0.2) is 29.7 Å². The van der Waals surface area contributed by atoms with Crippen molar-refractivity contribution in [2.24, 2.45) is 5.92 Å². The first-order valence-electron chi connectivity index (χ1n) is 5.91. The molecule has 112 valence electrons. The summed E-state index contributed by atoms with van der Waals surface area (Å²) in [4.78, 5) is 23.0. The third-order valence-corrected chi connectivity index (χ3v) is 2.00. The number of esters is 1. The van der Waals surface area contributed by atoms with Gasteiger partial charge in [-0.05, 0) is 26.7 Å². The van der Waals surface area contributed by atoms with Crippen molar-refractivity contribution in [3.63, 3.8) is 0 Å². The van der Waals surface area contributed by atoms with Crippen LogP contribution < -0.4 is 5.32 Å². The van der Waals surface area contributed by atoms with E-state index in [9.17, 15) is 22.8 Å². The lowest BCUT2D eigenvalue weighted by Gasteiger charge is -2.26. The molecule has 0 rings (SSSR count). The molecular formula is C12H20F3NO3. The van der Waals surface area contributed by atoms with Gasteiger partial charge in [0.05, 0.1) is 0 Å². The molecule has 19 heavy (non-hydrogen) atoms. The molecule has 0 aliphatic rings. The summed E-state index contributed by atoms with van der Waals surface area (Å²) in [5.74, 6) is -2.35. The first kappa shape index (κ1) is 17.7. The van der Waals surface area contributed by atoms with Crippen LogP contribution in [0, 0.1) is 5.92 Å². The van der Waals surface area contributed by atoms with Crippen molar-refractivity contribution in [2.75, 3.05) is 0 Å². The Hall–Kier alpha value is -1.27. The maximum atomic E-state index is 12.1. The molecule has 0 aliphatic carbocycles. The Morgan fingerprint density at radius 1 is 1.16 bits per heavy atom. The van der Waals surface area contributed by atoms with Crippen LogP contribution in [0.15, 0.2) is 0 Å². The Kier molecular flexibility index (Phi) is 5.83. The standard InChI is InChI=1S/C12H20F3NO3/c1-7(2)9(10(18)19-11(3,4)5)16-8(17)6-12(13,14)15/h7,9H,6H2,1-5H3,(H,16,17)/t9-/m1/s1. The van der Waals surface area contributed by atoms with Crippen LogP contribution in [0.25, 0.3) is 0 Å². The van der Waals surface area contributed by atoms with Gasteiger partial charge in [0.15, 0.2) is 0 Å². The van der Waals surface area contributed by atoms with Gasteiger partial charge in [-0.2, -0.15) is 13.2 Å². The maximum Gasteiger partial charge on any atom is 0.397 e. The van der Waals surface area contributed by atoms with Gasteiger partial charge in [0.1, 0.15) is 18.1 Å². The average molecular weight is 283 g/mol. The zero-order chi connectivity index (χ0) is 15.4. The second-order valence-corrected chi connectivity index (χ2v) is 5.61. The summed E-state index contributed by atoms with van der Waals surface area (Å²) in [6.07, 6.45) is -6.21. The number of alkyl halides is 3. The summed E-state index contributed by atoms with van der Waals surface area (Å²) in [7, 11) is 0. The van der Waals surface area contributed by atoms with Gasteiger partial charge in [0, 0.05) is 0 Å². The lowest BCUT2D eigenvalue weighted by molar-refractivity contribution is -0.164. The summed E-state index contributed by atoms with van der Waals surface area (Å²) < 4.78 is 41.2. The van der Waals surface area contributed by atoms with Crippen molar-refractivity contribution in [2.45, 2.75) is 58.9 Å². The van der Waals surface area contributed by atoms with E-state index < -0.39 is 36.1 Å². The average Bonchev–Trinajstić information content (AvgIpc) is 2.07. The number of amides is 1. The molecule has 7 heteroatoms. The minimum absolute atomic E-state index is 0.368. The van der Waals surface area contributed by atoms with Crippen LogP contribution in [0.4, 0.5) is 13.2 Å². The molecule has 0 bridgehead atoms. The van der Waals surface area contributed by atoms with Crippen molar-refractivity contribution in [1.82, 2.24) is 5.32 Å². The highest BCUT2D eigenvalue weighted by molar-refractivity contribution is 5.85. The molecule has 0 saturated carbocycles. The first-order valence-corrected chi connectivity index (χ1v) is 5.91. The highest BCUT2D eigenvalue weighted by Crippen LogP contribution is 2.20. The normalized spacial score (nSPS) is 14.2. The van der Waals surface area contributed by atoms with E-state index in [2.05, 4.69) is 5.32 Å². The van der Waals surface area contributed by atoms with E-state index in [0.29, 0.717) is 0 Å². The number of ether oxygens (including phenoxy) is 1. The van der Waals surface area contributed by atoms with Crippen LogP contribution in [0.1, 0.15) is 41.0 Å². The minimum Gasteiger partial charge on any atom is -0.458 e. The quantitative estimate of drug-likeness (QED) is 0.806. The van der Waals surface area contributed by atoms with Gasteiger partial charge < -0.3 is 10.1 Å². The summed E-state index contributed by atoms with van der Waals surface area (Å²) in [5, 5.41) is 2.06. The monoisotopic (exact) mass is 283 g/mol. The molecule has 1 N–H and O–H groups in total. The minimum atomic E-state index is -4.60. The van der Waals surface area contributed by atoms with E-state index in [4.69, 9.17) is 4.74 Å². The Bertz CT molecular complexity index is 332. The van der Waals surface area contributed by atoms with Crippen molar-refractivity contribution in [3.8, 4) is 0 Å². The second-order valence-electron chi connectivity index (χ2n) is 5.61. The van der Waals surface area contributed by atoms with Gasteiger partial charge in [-0.3, -0.25) is 4.79 Å². The molecule has 0 spiro atoms. The topological polar surface area (TPSA) is 55.4 Å². The number of hydrogen-bond donors (Lipinski definition) is 1. The molecule has 0 saturated heterocycles. The van der Waals surface area contributed by atoms with Gasteiger partial charge in [-0.25, -0.2) is 4.79 Å². The molecule has 0 aliphatic heterocycles. The van der Waals surface area contributed by atoms with E-state index in [0.717, 1.165) is 0 Å². The first-order chi connectivity index (χ1) is 8.32. The highest BCUT2D eigenvalue weighted by Gasteiger charge is 2.35. The summed E-state index contributed by atoms with van der Waals surface area (Å²) in [6.45, 7) is 8.14. The Balaban J connectivity index is 4.67. The Morgan fingerprint density at radius 2 is 1.63 bits per heavy atom.